The fourth-order valence-electron chi connectivity index (χ4n) is 3.67. The number of furan rings is 1. The van der Waals surface area contributed by atoms with Crippen molar-refractivity contribution < 1.29 is 14.0 Å². The molecule has 0 fully saturated rings. The lowest BCUT2D eigenvalue weighted by molar-refractivity contribution is 0.0710. The molecule has 1 atom stereocenters. The van der Waals surface area contributed by atoms with Crippen molar-refractivity contribution in [2.45, 2.75) is 12.5 Å². The van der Waals surface area contributed by atoms with Crippen LogP contribution in [0.15, 0.2) is 83.8 Å². The Balaban J connectivity index is 1.64. The van der Waals surface area contributed by atoms with Gasteiger partial charge in [-0.05, 0) is 29.3 Å². The molecule has 29 heavy (non-hydrogen) atoms. The van der Waals surface area contributed by atoms with E-state index in [1.54, 1.807) is 12.1 Å². The summed E-state index contributed by atoms with van der Waals surface area (Å²) in [5.74, 6) is 0.528. The molecule has 1 aromatic heterocycles. The molecule has 2 amide bonds. The topological polar surface area (TPSA) is 62.6 Å². The second-order valence-electron chi connectivity index (χ2n) is 7.01. The highest BCUT2D eigenvalue weighted by Crippen LogP contribution is 2.35. The monoisotopic (exact) mass is 386 g/mol. The molecular weight excluding hydrogens is 364 g/mol. The standard InChI is InChI=1S/C24H22N2O3/c1-2-14-25-23(27)22-13-12-21(29-22)20-16-26(15-17-8-4-3-5-9-17)24(28)19-11-7-6-10-18(19)20/h2-13,20H,1,14-16H2,(H,25,27)/t20-/m1/s1. The number of amides is 2. The van der Waals surface area contributed by atoms with E-state index in [2.05, 4.69) is 11.9 Å². The number of nitrogens with one attached hydrogen (secondary N) is 1. The van der Waals surface area contributed by atoms with Gasteiger partial charge in [0.1, 0.15) is 5.76 Å². The van der Waals surface area contributed by atoms with E-state index in [1.807, 2.05) is 65.6 Å². The predicted molar refractivity (Wildman–Crippen MR) is 111 cm³/mol. The Labute approximate surface area is 169 Å². The maximum Gasteiger partial charge on any atom is 0.287 e. The average Bonchev–Trinajstić information content (AvgIpc) is 3.25. The van der Waals surface area contributed by atoms with Crippen LogP contribution in [0.5, 0.6) is 0 Å². The lowest BCUT2D eigenvalue weighted by atomic mass is 9.87. The molecule has 0 radical (unpaired) electrons. The highest BCUT2D eigenvalue weighted by molar-refractivity contribution is 5.97. The normalized spacial score (nSPS) is 15.7. The first kappa shape index (κ1) is 18.7. The zero-order chi connectivity index (χ0) is 20.2. The Bertz CT molecular complexity index is 1040. The molecule has 0 saturated heterocycles. The summed E-state index contributed by atoms with van der Waals surface area (Å²) in [4.78, 5) is 27.1. The van der Waals surface area contributed by atoms with Gasteiger partial charge in [-0.1, -0.05) is 54.6 Å². The lowest BCUT2D eigenvalue weighted by Crippen LogP contribution is -2.39. The summed E-state index contributed by atoms with van der Waals surface area (Å²) in [7, 11) is 0. The van der Waals surface area contributed by atoms with Crippen LogP contribution in [0, 0.1) is 0 Å². The van der Waals surface area contributed by atoms with Crippen molar-refractivity contribution in [1.29, 1.82) is 0 Å². The van der Waals surface area contributed by atoms with E-state index in [-0.39, 0.29) is 23.5 Å². The second-order valence-corrected chi connectivity index (χ2v) is 7.01. The number of carbonyl (C=O) groups excluding carboxylic acids is 2. The van der Waals surface area contributed by atoms with Gasteiger partial charge in [0.2, 0.25) is 0 Å². The maximum absolute atomic E-state index is 13.1. The van der Waals surface area contributed by atoms with Crippen molar-refractivity contribution in [2.75, 3.05) is 13.1 Å². The zero-order valence-electron chi connectivity index (χ0n) is 16.0. The molecule has 0 spiro atoms. The number of benzene rings is 2. The van der Waals surface area contributed by atoms with Gasteiger partial charge in [0.25, 0.3) is 11.8 Å². The SMILES string of the molecule is C=CCNC(=O)c1ccc([C@@H]2CN(Cc3ccccc3)C(=O)c3ccccc32)o1. The molecule has 0 bridgehead atoms. The summed E-state index contributed by atoms with van der Waals surface area (Å²) in [6.07, 6.45) is 1.62. The number of hydrogen-bond donors (Lipinski definition) is 1. The van der Waals surface area contributed by atoms with Crippen molar-refractivity contribution in [3.8, 4) is 0 Å². The van der Waals surface area contributed by atoms with E-state index in [9.17, 15) is 9.59 Å². The molecule has 2 aromatic carbocycles. The molecule has 3 aromatic rings. The largest absolute Gasteiger partial charge is 0.455 e. The number of fused-ring (bicyclic) bond motifs is 1. The van der Waals surface area contributed by atoms with Crippen molar-refractivity contribution >= 4 is 11.8 Å². The Morgan fingerprint density at radius 1 is 1.10 bits per heavy atom. The van der Waals surface area contributed by atoms with Crippen molar-refractivity contribution in [3.05, 3.63) is 108 Å². The smallest absolute Gasteiger partial charge is 0.287 e. The molecule has 5 heteroatoms. The summed E-state index contributed by atoms with van der Waals surface area (Å²) in [6, 6.07) is 21.0. The Morgan fingerprint density at radius 2 is 1.86 bits per heavy atom. The minimum atomic E-state index is -0.280. The number of carbonyl (C=O) groups is 2. The van der Waals surface area contributed by atoms with Crippen LogP contribution in [0.4, 0.5) is 0 Å². The van der Waals surface area contributed by atoms with Gasteiger partial charge < -0.3 is 14.6 Å². The first-order chi connectivity index (χ1) is 14.2. The van der Waals surface area contributed by atoms with Gasteiger partial charge in [0.15, 0.2) is 5.76 Å². The van der Waals surface area contributed by atoms with Gasteiger partial charge in [-0.15, -0.1) is 6.58 Å². The molecule has 0 aliphatic carbocycles. The zero-order valence-corrected chi connectivity index (χ0v) is 16.0. The molecule has 4 rings (SSSR count). The molecule has 1 aliphatic heterocycles. The van der Waals surface area contributed by atoms with E-state index in [0.29, 0.717) is 31.0 Å². The van der Waals surface area contributed by atoms with E-state index in [4.69, 9.17) is 4.42 Å². The van der Waals surface area contributed by atoms with Gasteiger partial charge >= 0.3 is 0 Å². The van der Waals surface area contributed by atoms with E-state index < -0.39 is 0 Å². The van der Waals surface area contributed by atoms with Gasteiger partial charge in [0.05, 0.1) is 5.92 Å². The summed E-state index contributed by atoms with van der Waals surface area (Å²) in [6.45, 7) is 4.99. The van der Waals surface area contributed by atoms with Crippen molar-refractivity contribution in [3.63, 3.8) is 0 Å². The minimum absolute atomic E-state index is 0.0104. The molecule has 5 nitrogen and oxygen atoms in total. The number of nitrogens with zero attached hydrogens (tertiary/aromatic N) is 1. The Kier molecular flexibility index (Phi) is 5.29. The van der Waals surface area contributed by atoms with Crippen LogP contribution in [0.1, 0.15) is 43.7 Å². The first-order valence-corrected chi connectivity index (χ1v) is 9.58. The summed E-state index contributed by atoms with van der Waals surface area (Å²) in [5, 5.41) is 2.72. The predicted octanol–water partition coefficient (Wildman–Crippen LogP) is 3.98. The number of rotatable bonds is 6. The number of hydrogen-bond acceptors (Lipinski definition) is 3. The van der Waals surface area contributed by atoms with Crippen molar-refractivity contribution in [2.24, 2.45) is 0 Å². The summed E-state index contributed by atoms with van der Waals surface area (Å²) < 4.78 is 5.89. The molecule has 1 aliphatic rings. The molecule has 146 valence electrons. The molecule has 1 N–H and O–H groups in total. The van der Waals surface area contributed by atoms with Gasteiger partial charge in [-0.3, -0.25) is 9.59 Å². The van der Waals surface area contributed by atoms with Crippen LogP contribution < -0.4 is 5.32 Å². The molecular formula is C24H22N2O3. The average molecular weight is 386 g/mol. The van der Waals surface area contributed by atoms with Gasteiger partial charge in [-0.25, -0.2) is 0 Å². The fourth-order valence-corrected chi connectivity index (χ4v) is 3.67. The van der Waals surface area contributed by atoms with Gasteiger partial charge in [-0.2, -0.15) is 0 Å². The lowest BCUT2D eigenvalue weighted by Gasteiger charge is -2.33. The van der Waals surface area contributed by atoms with E-state index >= 15 is 0 Å². The van der Waals surface area contributed by atoms with Crippen molar-refractivity contribution in [1.82, 2.24) is 10.2 Å². The fraction of sp³-hybridized carbons (Fsp3) is 0.167. The quantitative estimate of drug-likeness (QED) is 0.652. The molecule has 0 saturated carbocycles. The Hall–Kier alpha value is -3.60. The van der Waals surface area contributed by atoms with Crippen LogP contribution in [0.25, 0.3) is 0 Å². The van der Waals surface area contributed by atoms with E-state index in [1.165, 1.54) is 0 Å². The Morgan fingerprint density at radius 3 is 2.66 bits per heavy atom. The minimum Gasteiger partial charge on any atom is -0.455 e. The summed E-state index contributed by atoms with van der Waals surface area (Å²) >= 11 is 0. The third-order valence-corrected chi connectivity index (χ3v) is 5.07. The summed E-state index contributed by atoms with van der Waals surface area (Å²) in [5.41, 5.74) is 2.67. The maximum atomic E-state index is 13.1. The van der Waals surface area contributed by atoms with E-state index in [0.717, 1.165) is 11.1 Å². The highest BCUT2D eigenvalue weighted by Gasteiger charge is 2.33. The van der Waals surface area contributed by atoms with Crippen LogP contribution >= 0.6 is 0 Å². The molecule has 0 unspecified atom stereocenters. The first-order valence-electron chi connectivity index (χ1n) is 9.58. The van der Waals surface area contributed by atoms with Crippen LogP contribution in [-0.4, -0.2) is 29.8 Å². The third-order valence-electron chi connectivity index (χ3n) is 5.07. The van der Waals surface area contributed by atoms with Crippen LogP contribution in [-0.2, 0) is 6.54 Å². The van der Waals surface area contributed by atoms with Gasteiger partial charge in [0, 0.05) is 25.2 Å². The molecule has 2 heterocycles. The second kappa shape index (κ2) is 8.19. The van der Waals surface area contributed by atoms with Crippen LogP contribution in [0.3, 0.4) is 0 Å². The third kappa shape index (κ3) is 3.85. The van der Waals surface area contributed by atoms with Crippen LogP contribution in [0.2, 0.25) is 0 Å². The highest BCUT2D eigenvalue weighted by atomic mass is 16.4.